The van der Waals surface area contributed by atoms with Gasteiger partial charge in [-0.25, -0.2) is 0 Å². The van der Waals surface area contributed by atoms with Crippen molar-refractivity contribution in [2.75, 3.05) is 19.1 Å². The van der Waals surface area contributed by atoms with Crippen molar-refractivity contribution in [2.24, 2.45) is 5.73 Å². The van der Waals surface area contributed by atoms with E-state index in [0.717, 1.165) is 18.6 Å². The molecule has 15 heavy (non-hydrogen) atoms. The molecular weight excluding hydrogens is 208 g/mol. The summed E-state index contributed by atoms with van der Waals surface area (Å²) in [7, 11) is 1.88. The normalized spacial score (nSPS) is 14.7. The summed E-state index contributed by atoms with van der Waals surface area (Å²) in [5, 5.41) is 0. The molecule has 4 heteroatoms. The number of carbonyl (C=O) groups is 1. The first-order valence-electron chi connectivity index (χ1n) is 5.56. The minimum absolute atomic E-state index is 0.00624. The number of rotatable bonds is 7. The smallest absolute Gasteiger partial charge is 0.224 e. The average molecular weight is 232 g/mol. The molecule has 0 fully saturated rings. The van der Waals surface area contributed by atoms with E-state index in [1.54, 1.807) is 11.8 Å². The molecule has 0 heterocycles. The van der Waals surface area contributed by atoms with Crippen LogP contribution in [-0.4, -0.2) is 41.9 Å². The van der Waals surface area contributed by atoms with Crippen LogP contribution in [0.15, 0.2) is 0 Å². The van der Waals surface area contributed by atoms with Gasteiger partial charge in [0.15, 0.2) is 0 Å². The van der Waals surface area contributed by atoms with Crippen molar-refractivity contribution < 1.29 is 4.79 Å². The Kier molecular flexibility index (Phi) is 7.88. The van der Waals surface area contributed by atoms with Crippen molar-refractivity contribution in [2.45, 2.75) is 45.2 Å². The molecule has 2 atom stereocenters. The third-order valence-corrected chi connectivity index (χ3v) is 3.45. The summed E-state index contributed by atoms with van der Waals surface area (Å²) in [6, 6.07) is 0.350. The van der Waals surface area contributed by atoms with Crippen LogP contribution in [-0.2, 0) is 4.79 Å². The van der Waals surface area contributed by atoms with Crippen molar-refractivity contribution in [3.63, 3.8) is 0 Å². The standard InChI is InChI=1S/C11H24N2OS/c1-5-9(12)7-11(14)13(3)10(6-2)8-15-4/h9-10H,5-8,12H2,1-4H3. The highest BCUT2D eigenvalue weighted by atomic mass is 32.2. The fourth-order valence-electron chi connectivity index (χ4n) is 1.41. The maximum atomic E-state index is 11.8. The number of hydrogen-bond donors (Lipinski definition) is 1. The summed E-state index contributed by atoms with van der Waals surface area (Å²) in [6.45, 7) is 4.13. The molecule has 90 valence electrons. The molecule has 0 saturated heterocycles. The topological polar surface area (TPSA) is 46.3 Å². The van der Waals surface area contributed by atoms with E-state index < -0.39 is 0 Å². The van der Waals surface area contributed by atoms with Gasteiger partial charge in [0, 0.05) is 31.3 Å². The number of amides is 1. The third kappa shape index (κ3) is 5.42. The van der Waals surface area contributed by atoms with Crippen molar-refractivity contribution in [1.82, 2.24) is 4.90 Å². The molecule has 2 N–H and O–H groups in total. The van der Waals surface area contributed by atoms with E-state index >= 15 is 0 Å². The van der Waals surface area contributed by atoms with E-state index in [2.05, 4.69) is 13.2 Å². The second kappa shape index (κ2) is 7.99. The summed E-state index contributed by atoms with van der Waals surface area (Å²) in [6.07, 6.45) is 4.40. The molecule has 1 amide bonds. The van der Waals surface area contributed by atoms with Crippen molar-refractivity contribution in [3.05, 3.63) is 0 Å². The highest BCUT2D eigenvalue weighted by Crippen LogP contribution is 2.10. The third-order valence-electron chi connectivity index (χ3n) is 2.73. The van der Waals surface area contributed by atoms with Gasteiger partial charge in [0.25, 0.3) is 0 Å². The van der Waals surface area contributed by atoms with E-state index in [-0.39, 0.29) is 11.9 Å². The molecular formula is C11H24N2OS. The summed E-state index contributed by atoms with van der Waals surface area (Å²) < 4.78 is 0. The molecule has 2 unspecified atom stereocenters. The second-order valence-electron chi connectivity index (χ2n) is 3.89. The zero-order chi connectivity index (χ0) is 11.8. The van der Waals surface area contributed by atoms with E-state index in [1.165, 1.54) is 0 Å². The minimum atomic E-state index is 0.00624. The van der Waals surface area contributed by atoms with Gasteiger partial charge < -0.3 is 10.6 Å². The van der Waals surface area contributed by atoms with E-state index in [9.17, 15) is 4.79 Å². The van der Waals surface area contributed by atoms with Gasteiger partial charge in [0.1, 0.15) is 0 Å². The maximum absolute atomic E-state index is 11.8. The second-order valence-corrected chi connectivity index (χ2v) is 4.81. The van der Waals surface area contributed by atoms with Gasteiger partial charge in [-0.2, -0.15) is 11.8 Å². The van der Waals surface area contributed by atoms with Gasteiger partial charge in [-0.05, 0) is 19.1 Å². The first-order chi connectivity index (χ1) is 7.06. The lowest BCUT2D eigenvalue weighted by atomic mass is 10.1. The number of nitrogens with two attached hydrogens (primary N) is 1. The molecule has 0 aromatic rings. The molecule has 0 aliphatic rings. The molecule has 0 bridgehead atoms. The number of thioether (sulfide) groups is 1. The van der Waals surface area contributed by atoms with E-state index in [0.29, 0.717) is 12.5 Å². The summed E-state index contributed by atoms with van der Waals surface area (Å²) in [5.41, 5.74) is 5.77. The number of nitrogens with zero attached hydrogens (tertiary/aromatic N) is 1. The van der Waals surface area contributed by atoms with Gasteiger partial charge in [-0.1, -0.05) is 13.8 Å². The highest BCUT2D eigenvalue weighted by molar-refractivity contribution is 7.98. The quantitative estimate of drug-likeness (QED) is 0.727. The van der Waals surface area contributed by atoms with Crippen LogP contribution in [0.25, 0.3) is 0 Å². The van der Waals surface area contributed by atoms with Crippen LogP contribution in [0.4, 0.5) is 0 Å². The first-order valence-corrected chi connectivity index (χ1v) is 6.96. The zero-order valence-corrected chi connectivity index (χ0v) is 11.1. The average Bonchev–Trinajstić information content (AvgIpc) is 2.24. The number of hydrogen-bond acceptors (Lipinski definition) is 3. The predicted molar refractivity (Wildman–Crippen MR) is 68.1 cm³/mol. The largest absolute Gasteiger partial charge is 0.342 e. The van der Waals surface area contributed by atoms with E-state index in [4.69, 9.17) is 5.73 Å². The van der Waals surface area contributed by atoms with Crippen molar-refractivity contribution in [3.8, 4) is 0 Å². The predicted octanol–water partition coefficient (Wildman–Crippen LogP) is 1.71. The Labute approximate surface area is 97.8 Å². The molecule has 0 spiro atoms. The lowest BCUT2D eigenvalue weighted by molar-refractivity contribution is -0.132. The molecule has 0 aromatic carbocycles. The van der Waals surface area contributed by atoms with Crippen LogP contribution in [0.5, 0.6) is 0 Å². The Morgan fingerprint density at radius 2 is 2.00 bits per heavy atom. The van der Waals surface area contributed by atoms with Crippen molar-refractivity contribution >= 4 is 17.7 Å². The fourth-order valence-corrected chi connectivity index (χ4v) is 2.26. The lowest BCUT2D eigenvalue weighted by Gasteiger charge is -2.27. The monoisotopic (exact) mass is 232 g/mol. The molecule has 0 saturated carbocycles. The lowest BCUT2D eigenvalue weighted by Crippen LogP contribution is -2.40. The van der Waals surface area contributed by atoms with Gasteiger partial charge >= 0.3 is 0 Å². The van der Waals surface area contributed by atoms with Crippen LogP contribution in [0.3, 0.4) is 0 Å². The van der Waals surface area contributed by atoms with Crippen LogP contribution in [0, 0.1) is 0 Å². The first kappa shape index (κ1) is 14.8. The molecule has 0 aromatic heterocycles. The Morgan fingerprint density at radius 3 is 2.40 bits per heavy atom. The summed E-state index contributed by atoms with van der Waals surface area (Å²) in [5.74, 6) is 1.17. The minimum Gasteiger partial charge on any atom is -0.342 e. The summed E-state index contributed by atoms with van der Waals surface area (Å²) >= 11 is 1.78. The van der Waals surface area contributed by atoms with Gasteiger partial charge in [0.2, 0.25) is 5.91 Å². The highest BCUT2D eigenvalue weighted by Gasteiger charge is 2.19. The van der Waals surface area contributed by atoms with Gasteiger partial charge in [-0.15, -0.1) is 0 Å². The fraction of sp³-hybridized carbons (Fsp3) is 0.909. The molecule has 0 aliphatic carbocycles. The Morgan fingerprint density at radius 1 is 1.40 bits per heavy atom. The molecule has 0 radical (unpaired) electrons. The van der Waals surface area contributed by atoms with E-state index in [1.807, 2.05) is 18.9 Å². The Balaban J connectivity index is 4.15. The molecule has 0 rings (SSSR count). The van der Waals surface area contributed by atoms with Crippen LogP contribution in [0.1, 0.15) is 33.1 Å². The molecule has 0 aliphatic heterocycles. The SMILES string of the molecule is CCC(N)CC(=O)N(C)C(CC)CSC. The van der Waals surface area contributed by atoms with Crippen LogP contribution < -0.4 is 5.73 Å². The zero-order valence-electron chi connectivity index (χ0n) is 10.3. The van der Waals surface area contributed by atoms with Gasteiger partial charge in [-0.3, -0.25) is 4.79 Å². The van der Waals surface area contributed by atoms with Crippen LogP contribution in [0.2, 0.25) is 0 Å². The summed E-state index contributed by atoms with van der Waals surface area (Å²) in [4.78, 5) is 13.7. The maximum Gasteiger partial charge on any atom is 0.224 e. The van der Waals surface area contributed by atoms with Crippen molar-refractivity contribution in [1.29, 1.82) is 0 Å². The van der Waals surface area contributed by atoms with Crippen LogP contribution >= 0.6 is 11.8 Å². The Bertz CT molecular complexity index is 187. The van der Waals surface area contributed by atoms with Gasteiger partial charge in [0.05, 0.1) is 0 Å². The molecule has 3 nitrogen and oxygen atoms in total. The number of carbonyl (C=O) groups excluding carboxylic acids is 1. The Hall–Kier alpha value is -0.220.